The van der Waals surface area contributed by atoms with Gasteiger partial charge in [-0.2, -0.15) is 4.57 Å². The monoisotopic (exact) mass is 339 g/mol. The molecule has 3 aromatic rings. The van der Waals surface area contributed by atoms with Gasteiger partial charge < -0.3 is 28.4 Å². The van der Waals surface area contributed by atoms with Crippen molar-refractivity contribution < 1.29 is 33.0 Å². The average molecular weight is 339 g/mol. The largest absolute Gasteiger partial charge is 1.00 e. The van der Waals surface area contributed by atoms with Crippen molar-refractivity contribution in [3.63, 3.8) is 0 Å². The second-order valence-electron chi connectivity index (χ2n) is 3.77. The van der Waals surface area contributed by atoms with Gasteiger partial charge in [0.05, 0.1) is 5.39 Å². The summed E-state index contributed by atoms with van der Waals surface area (Å²) < 4.78 is 7.53. The molecule has 0 atom stereocenters. The molecule has 0 radical (unpaired) electrons. The minimum absolute atomic E-state index is 0. The van der Waals surface area contributed by atoms with Crippen LogP contribution < -0.4 is 34.0 Å². The Morgan fingerprint density at radius 1 is 1.06 bits per heavy atom. The number of pyridine rings is 1. The van der Waals surface area contributed by atoms with Gasteiger partial charge in [0.15, 0.2) is 6.20 Å². The van der Waals surface area contributed by atoms with Gasteiger partial charge in [0.2, 0.25) is 5.43 Å². The highest BCUT2D eigenvalue weighted by molar-refractivity contribution is 5.86. The van der Waals surface area contributed by atoms with Crippen LogP contribution in [-0.4, -0.2) is 0 Å². The maximum atomic E-state index is 12.2. The highest BCUT2D eigenvalue weighted by Gasteiger charge is 2.13. The molecule has 3 rings (SSSR count). The van der Waals surface area contributed by atoms with E-state index < -0.39 is 0 Å². The zero-order valence-electron chi connectivity index (χ0n) is 9.18. The van der Waals surface area contributed by atoms with Crippen LogP contribution in [0, 0.1) is 0 Å². The molecule has 4 heteroatoms. The van der Waals surface area contributed by atoms with E-state index in [4.69, 9.17) is 4.42 Å². The minimum Gasteiger partial charge on any atom is -1.00 e. The predicted octanol–water partition coefficient (Wildman–Crippen LogP) is -1.23. The molecule has 2 aromatic heterocycles. The maximum absolute atomic E-state index is 12.2. The molecule has 0 amide bonds. The normalized spacial score (nSPS) is 10.4. The Morgan fingerprint density at radius 2 is 1.76 bits per heavy atom. The van der Waals surface area contributed by atoms with Crippen molar-refractivity contribution in [2.75, 3.05) is 0 Å². The van der Waals surface area contributed by atoms with Crippen LogP contribution in [0.4, 0.5) is 0 Å². The summed E-state index contributed by atoms with van der Waals surface area (Å²) in [6.45, 7) is 0. The summed E-state index contributed by atoms with van der Waals surface area (Å²) in [5.74, 6) is 0. The van der Waals surface area contributed by atoms with E-state index in [0.29, 0.717) is 22.1 Å². The maximum Gasteiger partial charge on any atom is 0.384 e. The molecule has 1 aromatic carbocycles. The van der Waals surface area contributed by atoms with Gasteiger partial charge in [-0.3, -0.25) is 4.79 Å². The molecular weight excluding hydrogens is 329 g/mol. The molecule has 0 spiro atoms. The molecule has 86 valence electrons. The number of para-hydroxylation sites is 1. The number of fused-ring (bicyclic) bond motifs is 2. The number of rotatable bonds is 0. The second kappa shape index (κ2) is 4.44. The molecule has 0 fully saturated rings. The quantitative estimate of drug-likeness (QED) is 0.292. The van der Waals surface area contributed by atoms with Gasteiger partial charge in [-0.05, 0) is 18.2 Å². The summed E-state index contributed by atoms with van der Waals surface area (Å²) in [4.78, 5) is 12.2. The minimum atomic E-state index is 0. The van der Waals surface area contributed by atoms with Crippen molar-refractivity contribution in [2.24, 2.45) is 7.05 Å². The number of benzene rings is 1. The van der Waals surface area contributed by atoms with Crippen LogP contribution in [0.3, 0.4) is 0 Å². The predicted molar refractivity (Wildman–Crippen MR) is 61.2 cm³/mol. The molecule has 0 aliphatic heterocycles. The van der Waals surface area contributed by atoms with Crippen LogP contribution in [0.2, 0.25) is 0 Å². The van der Waals surface area contributed by atoms with E-state index in [2.05, 4.69) is 0 Å². The SMILES string of the molecule is C[n+]1cccc2c(=O)c3ccccc3oc21.[I-]. The molecule has 0 bridgehead atoms. The first-order valence-electron chi connectivity index (χ1n) is 5.07. The van der Waals surface area contributed by atoms with Gasteiger partial charge in [0.1, 0.15) is 18.0 Å². The highest BCUT2D eigenvalue weighted by Crippen LogP contribution is 2.14. The summed E-state index contributed by atoms with van der Waals surface area (Å²) in [5.41, 5.74) is 1.25. The number of hydrogen-bond acceptors (Lipinski definition) is 2. The Balaban J connectivity index is 0.00000108. The first-order chi connectivity index (χ1) is 7.77. The first kappa shape index (κ1) is 12.0. The Labute approximate surface area is 115 Å². The van der Waals surface area contributed by atoms with Crippen molar-refractivity contribution in [3.8, 4) is 0 Å². The zero-order valence-corrected chi connectivity index (χ0v) is 11.3. The van der Waals surface area contributed by atoms with Crippen LogP contribution >= 0.6 is 0 Å². The van der Waals surface area contributed by atoms with Gasteiger partial charge in [-0.1, -0.05) is 12.1 Å². The summed E-state index contributed by atoms with van der Waals surface area (Å²) in [7, 11) is 1.86. The molecule has 0 unspecified atom stereocenters. The average Bonchev–Trinajstić information content (AvgIpc) is 2.31. The van der Waals surface area contributed by atoms with Crippen LogP contribution in [-0.2, 0) is 7.05 Å². The van der Waals surface area contributed by atoms with E-state index in [1.165, 1.54) is 0 Å². The van der Waals surface area contributed by atoms with Gasteiger partial charge in [0, 0.05) is 6.07 Å². The van der Waals surface area contributed by atoms with Crippen LogP contribution in [0.1, 0.15) is 0 Å². The Hall–Kier alpha value is -1.43. The fraction of sp³-hybridized carbons (Fsp3) is 0.0769. The van der Waals surface area contributed by atoms with Gasteiger partial charge in [-0.25, -0.2) is 0 Å². The Kier molecular flexibility index (Phi) is 3.15. The molecule has 3 nitrogen and oxygen atoms in total. The van der Waals surface area contributed by atoms with Crippen molar-refractivity contribution in [3.05, 3.63) is 52.8 Å². The molecule has 2 heterocycles. The number of halogens is 1. The standard InChI is InChI=1S/C13H10NO2.HI/c1-14-8-4-6-10-12(15)9-5-2-3-7-11(9)16-13(10)14;/h2-8H,1H3;1H/q+1;/p-1. The van der Waals surface area contributed by atoms with Crippen molar-refractivity contribution in [1.29, 1.82) is 0 Å². The number of aryl methyl sites for hydroxylation is 1. The lowest BCUT2D eigenvalue weighted by Crippen LogP contribution is -3.00. The molecule has 0 aliphatic rings. The molecule has 0 saturated carbocycles. The third-order valence-corrected chi connectivity index (χ3v) is 2.71. The smallest absolute Gasteiger partial charge is 0.384 e. The van der Waals surface area contributed by atoms with Crippen LogP contribution in [0.25, 0.3) is 22.1 Å². The highest BCUT2D eigenvalue weighted by atomic mass is 127. The van der Waals surface area contributed by atoms with E-state index in [1.807, 2.05) is 42.1 Å². The topological polar surface area (TPSA) is 34.1 Å². The lowest BCUT2D eigenvalue weighted by atomic mass is 10.2. The van der Waals surface area contributed by atoms with E-state index in [9.17, 15) is 4.79 Å². The van der Waals surface area contributed by atoms with Crippen molar-refractivity contribution >= 4 is 22.1 Å². The number of aromatic nitrogens is 1. The molecule has 0 aliphatic carbocycles. The Morgan fingerprint density at radius 3 is 2.59 bits per heavy atom. The lowest BCUT2D eigenvalue weighted by Gasteiger charge is -1.98. The van der Waals surface area contributed by atoms with Gasteiger partial charge >= 0.3 is 5.71 Å². The first-order valence-corrected chi connectivity index (χ1v) is 5.07. The third-order valence-electron chi connectivity index (χ3n) is 2.71. The molecule has 0 N–H and O–H groups in total. The second-order valence-corrected chi connectivity index (χ2v) is 3.77. The van der Waals surface area contributed by atoms with Crippen LogP contribution in [0.15, 0.2) is 51.8 Å². The summed E-state index contributed by atoms with van der Waals surface area (Å²) >= 11 is 0. The Bertz CT molecular complexity index is 749. The fourth-order valence-electron chi connectivity index (χ4n) is 1.89. The molecule has 17 heavy (non-hydrogen) atoms. The van der Waals surface area contributed by atoms with Crippen molar-refractivity contribution in [2.45, 2.75) is 0 Å². The third kappa shape index (κ3) is 1.82. The lowest BCUT2D eigenvalue weighted by molar-refractivity contribution is -0.651. The summed E-state index contributed by atoms with van der Waals surface area (Å²) in [6, 6.07) is 10.9. The van der Waals surface area contributed by atoms with Gasteiger partial charge in [-0.15, -0.1) is 0 Å². The van der Waals surface area contributed by atoms with Crippen LogP contribution in [0.5, 0.6) is 0 Å². The summed E-state index contributed by atoms with van der Waals surface area (Å²) in [6.07, 6.45) is 1.86. The molecular formula is C13H10INO2. The van der Waals surface area contributed by atoms with Crippen molar-refractivity contribution in [1.82, 2.24) is 0 Å². The van der Waals surface area contributed by atoms with E-state index in [0.717, 1.165) is 0 Å². The van der Waals surface area contributed by atoms with Gasteiger partial charge in [0.25, 0.3) is 0 Å². The van der Waals surface area contributed by atoms with E-state index in [-0.39, 0.29) is 29.4 Å². The fourth-order valence-corrected chi connectivity index (χ4v) is 1.89. The number of nitrogens with zero attached hydrogens (tertiary/aromatic N) is 1. The zero-order chi connectivity index (χ0) is 11.1. The number of hydrogen-bond donors (Lipinski definition) is 0. The van der Waals surface area contributed by atoms with E-state index >= 15 is 0 Å². The van der Waals surface area contributed by atoms with E-state index in [1.54, 1.807) is 12.1 Å². The summed E-state index contributed by atoms with van der Waals surface area (Å²) in [5, 5.41) is 1.24. The molecule has 0 saturated heterocycles.